The van der Waals surface area contributed by atoms with Gasteiger partial charge < -0.3 is 5.11 Å². The van der Waals surface area contributed by atoms with E-state index in [0.29, 0.717) is 11.1 Å². The van der Waals surface area contributed by atoms with Gasteiger partial charge in [0.05, 0.1) is 11.9 Å². The lowest BCUT2D eigenvalue weighted by Gasteiger charge is -2.12. The van der Waals surface area contributed by atoms with Crippen LogP contribution in [-0.2, 0) is 0 Å². The van der Waals surface area contributed by atoms with Gasteiger partial charge in [-0.3, -0.25) is 0 Å². The molecule has 3 nitrogen and oxygen atoms in total. The Balaban J connectivity index is 1.92. The molecule has 0 saturated heterocycles. The van der Waals surface area contributed by atoms with Gasteiger partial charge in [0.2, 0.25) is 0 Å². The molecule has 4 heteroatoms. The highest BCUT2D eigenvalue weighted by molar-refractivity contribution is 5.36. The second-order valence-electron chi connectivity index (χ2n) is 4.96. The predicted molar refractivity (Wildman–Crippen MR) is 78.8 cm³/mol. The molecular weight excluding hydrogens is 267 g/mol. The van der Waals surface area contributed by atoms with E-state index >= 15 is 0 Å². The molecule has 0 saturated carbocycles. The molecular formula is C17H15FN2O. The summed E-state index contributed by atoms with van der Waals surface area (Å²) >= 11 is 0. The summed E-state index contributed by atoms with van der Waals surface area (Å²) in [5.74, 6) is -0.302. The van der Waals surface area contributed by atoms with Crippen LogP contribution in [0.3, 0.4) is 0 Å². The number of rotatable bonds is 3. The van der Waals surface area contributed by atoms with E-state index in [9.17, 15) is 9.50 Å². The van der Waals surface area contributed by atoms with Crippen molar-refractivity contribution in [3.05, 3.63) is 83.4 Å². The molecule has 1 unspecified atom stereocenters. The highest BCUT2D eigenvalue weighted by atomic mass is 19.1. The Hall–Kier alpha value is -2.46. The maximum Gasteiger partial charge on any atom is 0.123 e. The molecule has 2 aromatic carbocycles. The molecule has 0 fully saturated rings. The monoisotopic (exact) mass is 282 g/mol. The van der Waals surface area contributed by atoms with Crippen LogP contribution in [0.2, 0.25) is 0 Å². The second-order valence-corrected chi connectivity index (χ2v) is 4.96. The van der Waals surface area contributed by atoms with Crippen molar-refractivity contribution in [3.63, 3.8) is 0 Å². The SMILES string of the molecule is Cc1cc(F)ccc1C(O)c1cnn(-c2ccccc2)c1. The lowest BCUT2D eigenvalue weighted by Crippen LogP contribution is -2.01. The number of nitrogens with zero attached hydrogens (tertiary/aromatic N) is 2. The third kappa shape index (κ3) is 2.71. The molecule has 1 atom stereocenters. The van der Waals surface area contributed by atoms with E-state index in [1.807, 2.05) is 30.3 Å². The molecule has 1 heterocycles. The Morgan fingerprint density at radius 3 is 2.62 bits per heavy atom. The molecule has 21 heavy (non-hydrogen) atoms. The van der Waals surface area contributed by atoms with E-state index in [4.69, 9.17) is 0 Å². The summed E-state index contributed by atoms with van der Waals surface area (Å²) in [6, 6.07) is 14.0. The molecule has 0 spiro atoms. The standard InChI is InChI=1S/C17H15FN2O/c1-12-9-14(18)7-8-16(12)17(21)13-10-19-20(11-13)15-5-3-2-4-6-15/h2-11,17,21H,1H3. The molecule has 3 rings (SSSR count). The molecule has 106 valence electrons. The average Bonchev–Trinajstić information content (AvgIpc) is 2.97. The van der Waals surface area contributed by atoms with Gasteiger partial charge in [-0.15, -0.1) is 0 Å². The van der Waals surface area contributed by atoms with Gasteiger partial charge in [0.15, 0.2) is 0 Å². The molecule has 0 aliphatic carbocycles. The first-order valence-electron chi connectivity index (χ1n) is 6.69. The maximum absolute atomic E-state index is 13.1. The van der Waals surface area contributed by atoms with E-state index in [0.717, 1.165) is 11.3 Å². The number of aryl methyl sites for hydroxylation is 1. The predicted octanol–water partition coefficient (Wildman–Crippen LogP) is 3.40. The van der Waals surface area contributed by atoms with Gasteiger partial charge in [-0.25, -0.2) is 9.07 Å². The highest BCUT2D eigenvalue weighted by Gasteiger charge is 2.15. The van der Waals surface area contributed by atoms with Crippen molar-refractivity contribution in [3.8, 4) is 5.69 Å². The number of hydrogen-bond donors (Lipinski definition) is 1. The zero-order valence-corrected chi connectivity index (χ0v) is 11.6. The van der Waals surface area contributed by atoms with Crippen LogP contribution in [0, 0.1) is 12.7 Å². The summed E-state index contributed by atoms with van der Waals surface area (Å²) in [6.07, 6.45) is 2.59. The van der Waals surface area contributed by atoms with Gasteiger partial charge in [-0.05, 0) is 42.3 Å². The largest absolute Gasteiger partial charge is 0.384 e. The van der Waals surface area contributed by atoms with E-state index in [-0.39, 0.29) is 5.82 Å². The quantitative estimate of drug-likeness (QED) is 0.799. The normalized spacial score (nSPS) is 12.3. The van der Waals surface area contributed by atoms with Crippen LogP contribution in [0.5, 0.6) is 0 Å². The molecule has 3 aromatic rings. The number of para-hydroxylation sites is 1. The second kappa shape index (κ2) is 5.50. The smallest absolute Gasteiger partial charge is 0.123 e. The van der Waals surface area contributed by atoms with Gasteiger partial charge in [-0.1, -0.05) is 24.3 Å². The molecule has 0 amide bonds. The van der Waals surface area contributed by atoms with Crippen molar-refractivity contribution in [2.75, 3.05) is 0 Å². The van der Waals surface area contributed by atoms with Crippen molar-refractivity contribution in [1.82, 2.24) is 9.78 Å². The summed E-state index contributed by atoms with van der Waals surface area (Å²) < 4.78 is 14.8. The Morgan fingerprint density at radius 1 is 1.14 bits per heavy atom. The van der Waals surface area contributed by atoms with E-state index in [1.54, 1.807) is 30.1 Å². The van der Waals surface area contributed by atoms with Gasteiger partial charge in [0, 0.05) is 11.8 Å². The highest BCUT2D eigenvalue weighted by Crippen LogP contribution is 2.25. The summed E-state index contributed by atoms with van der Waals surface area (Å²) in [6.45, 7) is 1.78. The van der Waals surface area contributed by atoms with Crippen molar-refractivity contribution in [1.29, 1.82) is 0 Å². The van der Waals surface area contributed by atoms with Crippen molar-refractivity contribution >= 4 is 0 Å². The summed E-state index contributed by atoms with van der Waals surface area (Å²) in [5, 5.41) is 14.7. The first-order valence-corrected chi connectivity index (χ1v) is 6.69. The number of aliphatic hydroxyl groups excluding tert-OH is 1. The van der Waals surface area contributed by atoms with E-state index < -0.39 is 6.10 Å². The van der Waals surface area contributed by atoms with Crippen LogP contribution in [0.1, 0.15) is 22.8 Å². The fourth-order valence-corrected chi connectivity index (χ4v) is 2.33. The number of hydrogen-bond acceptors (Lipinski definition) is 2. The number of aliphatic hydroxyl groups is 1. The minimum Gasteiger partial charge on any atom is -0.384 e. The topological polar surface area (TPSA) is 38.1 Å². The summed E-state index contributed by atoms with van der Waals surface area (Å²) in [4.78, 5) is 0. The van der Waals surface area contributed by atoms with Gasteiger partial charge >= 0.3 is 0 Å². The van der Waals surface area contributed by atoms with E-state index in [1.165, 1.54) is 12.1 Å². The van der Waals surface area contributed by atoms with Crippen LogP contribution >= 0.6 is 0 Å². The van der Waals surface area contributed by atoms with Gasteiger partial charge in [-0.2, -0.15) is 5.10 Å². The maximum atomic E-state index is 13.1. The molecule has 1 aromatic heterocycles. The first-order chi connectivity index (χ1) is 10.1. The van der Waals surface area contributed by atoms with Crippen molar-refractivity contribution in [2.45, 2.75) is 13.0 Å². The Labute approximate surface area is 122 Å². The Kier molecular flexibility index (Phi) is 3.54. The minimum absolute atomic E-state index is 0.302. The molecule has 0 bridgehead atoms. The zero-order chi connectivity index (χ0) is 14.8. The summed E-state index contributed by atoms with van der Waals surface area (Å²) in [7, 11) is 0. The van der Waals surface area contributed by atoms with E-state index in [2.05, 4.69) is 5.10 Å². The fourth-order valence-electron chi connectivity index (χ4n) is 2.33. The lowest BCUT2D eigenvalue weighted by atomic mass is 10.00. The first kappa shape index (κ1) is 13.5. The van der Waals surface area contributed by atoms with Crippen LogP contribution < -0.4 is 0 Å². The van der Waals surface area contributed by atoms with Crippen LogP contribution in [0.4, 0.5) is 4.39 Å². The van der Waals surface area contributed by atoms with Crippen LogP contribution in [0.15, 0.2) is 60.9 Å². The Morgan fingerprint density at radius 2 is 1.90 bits per heavy atom. The fraction of sp³-hybridized carbons (Fsp3) is 0.118. The van der Waals surface area contributed by atoms with Crippen LogP contribution in [0.25, 0.3) is 5.69 Å². The molecule has 0 aliphatic heterocycles. The van der Waals surface area contributed by atoms with Gasteiger partial charge in [0.25, 0.3) is 0 Å². The zero-order valence-electron chi connectivity index (χ0n) is 11.6. The van der Waals surface area contributed by atoms with Crippen LogP contribution in [-0.4, -0.2) is 14.9 Å². The Bertz CT molecular complexity index is 752. The number of aromatic nitrogens is 2. The lowest BCUT2D eigenvalue weighted by molar-refractivity contribution is 0.219. The van der Waals surface area contributed by atoms with Gasteiger partial charge in [0.1, 0.15) is 11.9 Å². The number of halogens is 1. The third-order valence-corrected chi connectivity index (χ3v) is 3.47. The summed E-state index contributed by atoms with van der Waals surface area (Å²) in [5.41, 5.74) is 3.00. The van der Waals surface area contributed by atoms with Crippen molar-refractivity contribution in [2.24, 2.45) is 0 Å². The van der Waals surface area contributed by atoms with Crippen molar-refractivity contribution < 1.29 is 9.50 Å². The third-order valence-electron chi connectivity index (χ3n) is 3.47. The number of benzene rings is 2. The molecule has 0 aliphatic rings. The molecule has 0 radical (unpaired) electrons. The average molecular weight is 282 g/mol. The molecule has 1 N–H and O–H groups in total. The minimum atomic E-state index is -0.817.